The summed E-state index contributed by atoms with van der Waals surface area (Å²) in [5.41, 5.74) is -1.44. The van der Waals surface area contributed by atoms with E-state index >= 15 is 0 Å². The van der Waals surface area contributed by atoms with Crippen LogP contribution in [0.25, 0.3) is 0 Å². The van der Waals surface area contributed by atoms with Gasteiger partial charge in [0, 0.05) is 6.54 Å². The third kappa shape index (κ3) is 4.83. The van der Waals surface area contributed by atoms with Gasteiger partial charge in [-0.15, -0.1) is 6.58 Å². The maximum atomic E-state index is 12.8. The second kappa shape index (κ2) is 6.78. The zero-order valence-electron chi connectivity index (χ0n) is 10.9. The number of halogens is 3. The summed E-state index contributed by atoms with van der Waals surface area (Å²) in [5.74, 6) is -1.28. The van der Waals surface area contributed by atoms with Crippen molar-refractivity contribution in [3.63, 3.8) is 0 Å². The van der Waals surface area contributed by atoms with E-state index in [1.807, 2.05) is 0 Å². The Bertz CT molecular complexity index is 544. The Morgan fingerprint density at radius 1 is 1.33 bits per heavy atom. The summed E-state index contributed by atoms with van der Waals surface area (Å²) in [6.45, 7) is 2.61. The zero-order valence-corrected chi connectivity index (χ0v) is 10.9. The maximum absolute atomic E-state index is 12.8. The second-order valence-corrected chi connectivity index (χ2v) is 4.04. The van der Waals surface area contributed by atoms with Gasteiger partial charge in [-0.2, -0.15) is 13.2 Å². The molecule has 0 unspecified atom stereocenters. The summed E-state index contributed by atoms with van der Waals surface area (Å²) < 4.78 is 38.3. The average molecular weight is 302 g/mol. The third-order valence-electron chi connectivity index (χ3n) is 2.44. The molecule has 2 amide bonds. The molecule has 0 aliphatic rings. The normalized spacial score (nSPS) is 10.8. The minimum Gasteiger partial charge on any atom is -0.480 e. The minimum absolute atomic E-state index is 0.105. The van der Waals surface area contributed by atoms with E-state index in [1.165, 1.54) is 18.2 Å². The summed E-state index contributed by atoms with van der Waals surface area (Å²) in [4.78, 5) is 23.3. The SMILES string of the molecule is C=CCN(CC(=O)O)C(=O)Nc1ccccc1C(F)(F)F. The fourth-order valence-corrected chi connectivity index (χ4v) is 1.57. The van der Waals surface area contributed by atoms with E-state index in [0.717, 1.165) is 17.0 Å². The molecule has 8 heteroatoms. The highest BCUT2D eigenvalue weighted by atomic mass is 19.4. The van der Waals surface area contributed by atoms with Crippen LogP contribution in [0.5, 0.6) is 0 Å². The fraction of sp³-hybridized carbons (Fsp3) is 0.231. The van der Waals surface area contributed by atoms with E-state index < -0.39 is 36.0 Å². The molecule has 114 valence electrons. The Morgan fingerprint density at radius 2 is 1.95 bits per heavy atom. The van der Waals surface area contributed by atoms with E-state index in [0.29, 0.717) is 0 Å². The molecule has 0 aliphatic carbocycles. The molecule has 21 heavy (non-hydrogen) atoms. The topological polar surface area (TPSA) is 69.6 Å². The molecule has 0 aromatic heterocycles. The Balaban J connectivity index is 2.96. The number of hydrogen-bond acceptors (Lipinski definition) is 2. The van der Waals surface area contributed by atoms with Crippen molar-refractivity contribution in [1.29, 1.82) is 0 Å². The molecule has 2 N–H and O–H groups in total. The van der Waals surface area contributed by atoms with Gasteiger partial charge in [-0.3, -0.25) is 4.79 Å². The molecule has 0 aliphatic heterocycles. The zero-order chi connectivity index (χ0) is 16.0. The molecule has 0 saturated heterocycles. The number of alkyl halides is 3. The van der Waals surface area contributed by atoms with E-state index in [2.05, 4.69) is 11.9 Å². The van der Waals surface area contributed by atoms with Gasteiger partial charge in [0.05, 0.1) is 11.3 Å². The number of anilines is 1. The van der Waals surface area contributed by atoms with Gasteiger partial charge in [0.25, 0.3) is 0 Å². The highest BCUT2D eigenvalue weighted by Gasteiger charge is 2.33. The average Bonchev–Trinajstić information content (AvgIpc) is 2.37. The molecule has 0 bridgehead atoms. The number of carboxylic acids is 1. The van der Waals surface area contributed by atoms with Crippen molar-refractivity contribution in [3.05, 3.63) is 42.5 Å². The Morgan fingerprint density at radius 3 is 2.48 bits per heavy atom. The van der Waals surface area contributed by atoms with Crippen LogP contribution in [0.3, 0.4) is 0 Å². The monoisotopic (exact) mass is 302 g/mol. The number of hydrogen-bond donors (Lipinski definition) is 2. The molecule has 0 fully saturated rings. The number of rotatable bonds is 5. The van der Waals surface area contributed by atoms with E-state index in [-0.39, 0.29) is 6.54 Å². The van der Waals surface area contributed by atoms with Gasteiger partial charge in [-0.1, -0.05) is 18.2 Å². The van der Waals surface area contributed by atoms with Gasteiger partial charge in [-0.05, 0) is 12.1 Å². The lowest BCUT2D eigenvalue weighted by atomic mass is 10.1. The lowest BCUT2D eigenvalue weighted by molar-refractivity contribution is -0.138. The first-order valence-corrected chi connectivity index (χ1v) is 5.80. The van der Waals surface area contributed by atoms with Crippen LogP contribution >= 0.6 is 0 Å². The van der Waals surface area contributed by atoms with Crippen LogP contribution in [-0.2, 0) is 11.0 Å². The predicted octanol–water partition coefficient (Wildman–Crippen LogP) is 2.81. The molecule has 0 atom stereocenters. The van der Waals surface area contributed by atoms with E-state index in [1.54, 1.807) is 0 Å². The van der Waals surface area contributed by atoms with Gasteiger partial charge in [-0.25, -0.2) is 4.79 Å². The van der Waals surface area contributed by atoms with Crippen LogP contribution in [0.1, 0.15) is 5.56 Å². The number of nitrogens with one attached hydrogen (secondary N) is 1. The van der Waals surface area contributed by atoms with Crippen LogP contribution in [0.4, 0.5) is 23.7 Å². The molecule has 5 nitrogen and oxygen atoms in total. The van der Waals surface area contributed by atoms with Crippen LogP contribution in [0, 0.1) is 0 Å². The number of para-hydroxylation sites is 1. The third-order valence-corrected chi connectivity index (χ3v) is 2.44. The number of nitrogens with zero attached hydrogens (tertiary/aromatic N) is 1. The predicted molar refractivity (Wildman–Crippen MR) is 69.9 cm³/mol. The van der Waals surface area contributed by atoms with Crippen molar-refractivity contribution in [2.45, 2.75) is 6.18 Å². The number of urea groups is 1. The number of carbonyl (C=O) groups is 2. The number of benzene rings is 1. The Hall–Kier alpha value is -2.51. The lowest BCUT2D eigenvalue weighted by Crippen LogP contribution is -2.39. The summed E-state index contributed by atoms with van der Waals surface area (Å²) in [6.07, 6.45) is -3.35. The van der Waals surface area contributed by atoms with Crippen LogP contribution in [-0.4, -0.2) is 35.1 Å². The quantitative estimate of drug-likeness (QED) is 0.822. The number of amides is 2. The first-order valence-electron chi connectivity index (χ1n) is 5.80. The van der Waals surface area contributed by atoms with Crippen LogP contribution in [0.2, 0.25) is 0 Å². The van der Waals surface area contributed by atoms with Gasteiger partial charge in [0.2, 0.25) is 0 Å². The van der Waals surface area contributed by atoms with Crippen molar-refractivity contribution in [1.82, 2.24) is 4.90 Å². The first-order chi connectivity index (χ1) is 9.75. The Kier molecular flexibility index (Phi) is 5.34. The summed E-state index contributed by atoms with van der Waals surface area (Å²) in [5, 5.41) is 10.7. The molecule has 1 aromatic carbocycles. The van der Waals surface area contributed by atoms with Crippen LogP contribution < -0.4 is 5.32 Å². The summed E-state index contributed by atoms with van der Waals surface area (Å²) in [7, 11) is 0. The van der Waals surface area contributed by atoms with Gasteiger partial charge in [0.1, 0.15) is 6.54 Å². The molecule has 0 heterocycles. The number of aliphatic carboxylic acids is 1. The fourth-order valence-electron chi connectivity index (χ4n) is 1.57. The number of carboxylic acid groups (broad SMARTS) is 1. The van der Waals surface area contributed by atoms with Gasteiger partial charge in [0.15, 0.2) is 0 Å². The van der Waals surface area contributed by atoms with Gasteiger partial charge < -0.3 is 15.3 Å². The highest BCUT2D eigenvalue weighted by molar-refractivity contribution is 5.92. The molecule has 0 spiro atoms. The van der Waals surface area contributed by atoms with Crippen LogP contribution in [0.15, 0.2) is 36.9 Å². The van der Waals surface area contributed by atoms with Gasteiger partial charge >= 0.3 is 18.2 Å². The molecular weight excluding hydrogens is 289 g/mol. The molecule has 0 radical (unpaired) electrons. The smallest absolute Gasteiger partial charge is 0.418 e. The molecule has 1 aromatic rings. The standard InChI is InChI=1S/C13H13F3N2O3/c1-2-7-18(8-11(19)20)12(21)17-10-6-4-3-5-9(10)13(14,15)16/h2-6H,1,7-8H2,(H,17,21)(H,19,20). The maximum Gasteiger partial charge on any atom is 0.418 e. The summed E-state index contributed by atoms with van der Waals surface area (Å²) >= 11 is 0. The minimum atomic E-state index is -4.63. The number of carbonyl (C=O) groups excluding carboxylic acids is 1. The Labute approximate surface area is 118 Å². The summed E-state index contributed by atoms with van der Waals surface area (Å²) in [6, 6.07) is 3.49. The highest BCUT2D eigenvalue weighted by Crippen LogP contribution is 2.34. The van der Waals surface area contributed by atoms with Crippen molar-refractivity contribution < 1.29 is 27.9 Å². The second-order valence-electron chi connectivity index (χ2n) is 4.04. The molecular formula is C13H13F3N2O3. The lowest BCUT2D eigenvalue weighted by Gasteiger charge is -2.21. The van der Waals surface area contributed by atoms with E-state index in [9.17, 15) is 22.8 Å². The van der Waals surface area contributed by atoms with Crippen molar-refractivity contribution in [2.24, 2.45) is 0 Å². The van der Waals surface area contributed by atoms with Crippen molar-refractivity contribution in [3.8, 4) is 0 Å². The molecule has 0 saturated carbocycles. The molecule has 1 rings (SSSR count). The van der Waals surface area contributed by atoms with Crippen molar-refractivity contribution in [2.75, 3.05) is 18.4 Å². The first kappa shape index (κ1) is 16.5. The van der Waals surface area contributed by atoms with Crippen molar-refractivity contribution >= 4 is 17.7 Å². The van der Waals surface area contributed by atoms with E-state index in [4.69, 9.17) is 5.11 Å². The largest absolute Gasteiger partial charge is 0.480 e.